The van der Waals surface area contributed by atoms with Gasteiger partial charge in [-0.2, -0.15) is 0 Å². The van der Waals surface area contributed by atoms with Crippen molar-refractivity contribution >= 4 is 17.9 Å². The molecule has 9 atom stereocenters. The minimum atomic E-state index is -0.282. The summed E-state index contributed by atoms with van der Waals surface area (Å²) in [5.41, 5.74) is 1.31. The van der Waals surface area contributed by atoms with Crippen LogP contribution in [0.15, 0.2) is 11.6 Å². The number of methoxy groups -OCH3 is 1. The molecule has 0 aliphatic heterocycles. The van der Waals surface area contributed by atoms with Crippen LogP contribution in [-0.2, 0) is 28.6 Å². The Bertz CT molecular complexity index is 863. The number of hydrogen-bond acceptors (Lipinski definition) is 6. The number of carbonyl (C=O) groups is 3. The highest BCUT2D eigenvalue weighted by atomic mass is 16.6. The van der Waals surface area contributed by atoms with Gasteiger partial charge in [-0.15, -0.1) is 0 Å². The lowest BCUT2D eigenvalue weighted by Crippen LogP contribution is -2.57. The molecule has 6 nitrogen and oxygen atoms in total. The van der Waals surface area contributed by atoms with E-state index in [-0.39, 0.29) is 40.9 Å². The molecule has 3 saturated carbocycles. The average Bonchev–Trinajstić information content (AvgIpc) is 3.11. The largest absolute Gasteiger partial charge is 0.469 e. The van der Waals surface area contributed by atoms with Gasteiger partial charge in [0.05, 0.1) is 7.11 Å². The monoisotopic (exact) mass is 474 g/mol. The second-order valence-electron chi connectivity index (χ2n) is 11.9. The van der Waals surface area contributed by atoms with Gasteiger partial charge in [-0.25, -0.2) is 0 Å². The quantitative estimate of drug-likeness (QED) is 0.308. The maximum atomic E-state index is 12.1. The number of allylic oxidation sites excluding steroid dienone is 1. The van der Waals surface area contributed by atoms with E-state index in [1.165, 1.54) is 33.0 Å². The molecule has 4 aliphatic rings. The van der Waals surface area contributed by atoms with Crippen LogP contribution < -0.4 is 0 Å². The molecule has 0 bridgehead atoms. The summed E-state index contributed by atoms with van der Waals surface area (Å²) in [6.45, 7) is 9.89. The van der Waals surface area contributed by atoms with Gasteiger partial charge in [0.15, 0.2) is 0 Å². The van der Waals surface area contributed by atoms with Crippen molar-refractivity contribution in [2.75, 3.05) is 7.11 Å². The Kier molecular flexibility index (Phi) is 6.91. The lowest BCUT2D eigenvalue weighted by atomic mass is 9.46. The first-order chi connectivity index (χ1) is 16.0. The normalized spacial score (nSPS) is 41.8. The van der Waals surface area contributed by atoms with Crippen molar-refractivity contribution in [2.24, 2.45) is 40.4 Å². The van der Waals surface area contributed by atoms with Crippen LogP contribution in [0.1, 0.15) is 86.0 Å². The van der Waals surface area contributed by atoms with Gasteiger partial charge in [-0.1, -0.05) is 32.4 Å². The zero-order valence-corrected chi connectivity index (χ0v) is 21.7. The molecule has 4 rings (SSSR count). The standard InChI is InChI=1S/C28H42O6/c1-16(13-26(31)32-6)22-9-10-23-21-8-7-19-14-20(33-17(2)29)15-25(34-18(3)30)28(19,5)24(21)11-12-27(22,23)4/h7,16,20-25H,8-15H2,1-6H3/t16-,20+,21-,22+,23-,24-,25-,27+,28-/m0/s1. The van der Waals surface area contributed by atoms with E-state index in [4.69, 9.17) is 14.2 Å². The number of rotatable bonds is 5. The molecule has 3 fully saturated rings. The van der Waals surface area contributed by atoms with Crippen LogP contribution in [0, 0.1) is 40.4 Å². The third kappa shape index (κ3) is 4.19. The first kappa shape index (κ1) is 25.2. The zero-order chi connectivity index (χ0) is 24.8. The number of hydrogen-bond donors (Lipinski definition) is 0. The van der Waals surface area contributed by atoms with E-state index in [2.05, 4.69) is 26.8 Å². The maximum absolute atomic E-state index is 12.1. The van der Waals surface area contributed by atoms with Gasteiger partial charge in [-0.3, -0.25) is 14.4 Å². The summed E-state index contributed by atoms with van der Waals surface area (Å²) in [6.07, 6.45) is 9.29. The third-order valence-corrected chi connectivity index (χ3v) is 10.2. The summed E-state index contributed by atoms with van der Waals surface area (Å²) < 4.78 is 16.5. The SMILES string of the molecule is COC(=O)C[C@H](C)[C@H]1CC[C@H]2[C@@H]3CC=C4C[C@@H](OC(C)=O)C[C@H](OC(C)=O)[C@]4(C)[C@H]3CC[C@]12C. The predicted molar refractivity (Wildman–Crippen MR) is 127 cm³/mol. The number of carbonyl (C=O) groups excluding carboxylic acids is 3. The van der Waals surface area contributed by atoms with Crippen LogP contribution in [0.3, 0.4) is 0 Å². The molecule has 0 unspecified atom stereocenters. The Morgan fingerprint density at radius 1 is 1.06 bits per heavy atom. The Morgan fingerprint density at radius 3 is 2.41 bits per heavy atom. The van der Waals surface area contributed by atoms with Crippen molar-refractivity contribution in [3.63, 3.8) is 0 Å². The molecule has 34 heavy (non-hydrogen) atoms. The van der Waals surface area contributed by atoms with E-state index in [1.54, 1.807) is 0 Å². The lowest BCUT2D eigenvalue weighted by molar-refractivity contribution is -0.172. The molecule has 0 amide bonds. The molecule has 190 valence electrons. The molecular weight excluding hydrogens is 432 g/mol. The minimum absolute atomic E-state index is 0.111. The van der Waals surface area contributed by atoms with Crippen LogP contribution in [0.4, 0.5) is 0 Å². The Labute approximate surface area is 204 Å². The molecule has 0 aromatic carbocycles. The lowest BCUT2D eigenvalue weighted by Gasteiger charge is -2.60. The first-order valence-corrected chi connectivity index (χ1v) is 13.1. The molecule has 4 aliphatic carbocycles. The van der Waals surface area contributed by atoms with Crippen LogP contribution in [-0.4, -0.2) is 37.2 Å². The van der Waals surface area contributed by atoms with E-state index < -0.39 is 0 Å². The summed E-state index contributed by atoms with van der Waals surface area (Å²) in [5.74, 6) is 1.78. The fourth-order valence-corrected chi connectivity index (χ4v) is 8.82. The fourth-order valence-electron chi connectivity index (χ4n) is 8.82. The Morgan fingerprint density at radius 2 is 1.76 bits per heavy atom. The van der Waals surface area contributed by atoms with Gasteiger partial charge in [0.2, 0.25) is 0 Å². The molecule has 0 N–H and O–H groups in total. The summed E-state index contributed by atoms with van der Waals surface area (Å²) in [6, 6.07) is 0. The molecular formula is C28H42O6. The second kappa shape index (κ2) is 9.31. The van der Waals surface area contributed by atoms with Crippen molar-refractivity contribution in [3.8, 4) is 0 Å². The molecule has 6 heteroatoms. The Hall–Kier alpha value is -1.85. The molecule has 0 aromatic heterocycles. The highest BCUT2D eigenvalue weighted by molar-refractivity contribution is 5.69. The van der Waals surface area contributed by atoms with E-state index in [9.17, 15) is 14.4 Å². The summed E-state index contributed by atoms with van der Waals surface area (Å²) in [5, 5.41) is 0. The van der Waals surface area contributed by atoms with Gasteiger partial charge in [0.1, 0.15) is 12.2 Å². The van der Waals surface area contributed by atoms with E-state index in [1.807, 2.05) is 0 Å². The third-order valence-electron chi connectivity index (χ3n) is 10.2. The zero-order valence-electron chi connectivity index (χ0n) is 21.7. The van der Waals surface area contributed by atoms with E-state index >= 15 is 0 Å². The molecule has 0 heterocycles. The van der Waals surface area contributed by atoms with Crippen molar-refractivity contribution < 1.29 is 28.6 Å². The van der Waals surface area contributed by atoms with Gasteiger partial charge in [0, 0.05) is 38.5 Å². The second-order valence-corrected chi connectivity index (χ2v) is 11.9. The predicted octanol–water partition coefficient (Wildman–Crippen LogP) is 5.24. The minimum Gasteiger partial charge on any atom is -0.469 e. The molecule has 0 spiro atoms. The number of esters is 3. The molecule has 0 radical (unpaired) electrons. The fraction of sp³-hybridized carbons (Fsp3) is 0.821. The van der Waals surface area contributed by atoms with Gasteiger partial charge < -0.3 is 14.2 Å². The van der Waals surface area contributed by atoms with Gasteiger partial charge in [-0.05, 0) is 67.1 Å². The van der Waals surface area contributed by atoms with Crippen LogP contribution in [0.2, 0.25) is 0 Å². The van der Waals surface area contributed by atoms with Crippen LogP contribution >= 0.6 is 0 Å². The summed E-state index contributed by atoms with van der Waals surface area (Å²) in [4.78, 5) is 35.7. The van der Waals surface area contributed by atoms with Gasteiger partial charge >= 0.3 is 17.9 Å². The topological polar surface area (TPSA) is 78.9 Å². The van der Waals surface area contributed by atoms with E-state index in [0.29, 0.717) is 42.4 Å². The number of ether oxygens (including phenoxy) is 3. The first-order valence-electron chi connectivity index (χ1n) is 13.1. The van der Waals surface area contributed by atoms with Crippen molar-refractivity contribution in [3.05, 3.63) is 11.6 Å². The van der Waals surface area contributed by atoms with Gasteiger partial charge in [0.25, 0.3) is 0 Å². The number of fused-ring (bicyclic) bond motifs is 5. The van der Waals surface area contributed by atoms with Crippen molar-refractivity contribution in [2.45, 2.75) is 98.2 Å². The maximum Gasteiger partial charge on any atom is 0.305 e. The highest BCUT2D eigenvalue weighted by Crippen LogP contribution is 2.67. The molecule has 0 aromatic rings. The Balaban J connectivity index is 1.61. The summed E-state index contributed by atoms with van der Waals surface area (Å²) in [7, 11) is 1.47. The van der Waals surface area contributed by atoms with Crippen LogP contribution in [0.5, 0.6) is 0 Å². The van der Waals surface area contributed by atoms with Crippen LogP contribution in [0.25, 0.3) is 0 Å². The highest BCUT2D eigenvalue weighted by Gasteiger charge is 2.62. The van der Waals surface area contributed by atoms with Crippen molar-refractivity contribution in [1.82, 2.24) is 0 Å². The summed E-state index contributed by atoms with van der Waals surface area (Å²) >= 11 is 0. The van der Waals surface area contributed by atoms with E-state index in [0.717, 1.165) is 32.1 Å². The molecule has 0 saturated heterocycles. The smallest absolute Gasteiger partial charge is 0.305 e. The average molecular weight is 475 g/mol. The van der Waals surface area contributed by atoms with Crippen molar-refractivity contribution in [1.29, 1.82) is 0 Å².